The molecule has 1 aromatic rings. The Bertz CT molecular complexity index is 502. The lowest BCUT2D eigenvalue weighted by atomic mass is 9.55. The summed E-state index contributed by atoms with van der Waals surface area (Å²) in [5, 5.41) is 3.74. The molecule has 2 nitrogen and oxygen atoms in total. The Hall–Kier alpha value is -0.800. The van der Waals surface area contributed by atoms with Gasteiger partial charge in [-0.25, -0.2) is 4.39 Å². The Morgan fingerprint density at radius 1 is 1.33 bits per heavy atom. The Morgan fingerprint density at radius 3 is 2.76 bits per heavy atom. The third kappa shape index (κ3) is 2.78. The zero-order valence-electron chi connectivity index (χ0n) is 12.5. The van der Waals surface area contributed by atoms with Gasteiger partial charge < -0.3 is 10.1 Å². The summed E-state index contributed by atoms with van der Waals surface area (Å²) in [4.78, 5) is 0. The van der Waals surface area contributed by atoms with Gasteiger partial charge in [-0.05, 0) is 31.5 Å². The predicted octanol–water partition coefficient (Wildman–Crippen LogP) is 4.56. The highest BCUT2D eigenvalue weighted by atomic mass is 35.5. The summed E-state index contributed by atoms with van der Waals surface area (Å²) >= 11 is 5.85. The highest BCUT2D eigenvalue weighted by Gasteiger charge is 2.56. The molecule has 0 heterocycles. The molecule has 1 N–H and O–H groups in total. The average molecular weight is 312 g/mol. The molecule has 2 aliphatic carbocycles. The first-order chi connectivity index (χ1) is 10.2. The lowest BCUT2D eigenvalue weighted by molar-refractivity contribution is -0.102. The molecule has 2 fully saturated rings. The maximum Gasteiger partial charge on any atom is 0.142 e. The monoisotopic (exact) mass is 311 g/mol. The van der Waals surface area contributed by atoms with Gasteiger partial charge in [0.05, 0.1) is 5.02 Å². The smallest absolute Gasteiger partial charge is 0.142 e. The van der Waals surface area contributed by atoms with Gasteiger partial charge in [0.1, 0.15) is 17.7 Å². The normalized spacial score (nSPS) is 27.4. The van der Waals surface area contributed by atoms with Crippen molar-refractivity contribution in [2.45, 2.75) is 57.6 Å². The largest absolute Gasteiger partial charge is 0.490 e. The van der Waals surface area contributed by atoms with E-state index in [9.17, 15) is 4.39 Å². The van der Waals surface area contributed by atoms with Crippen molar-refractivity contribution in [2.24, 2.45) is 5.41 Å². The fourth-order valence-corrected chi connectivity index (χ4v) is 4.21. The molecule has 2 saturated carbocycles. The molecule has 0 aliphatic heterocycles. The van der Waals surface area contributed by atoms with Gasteiger partial charge in [-0.3, -0.25) is 0 Å². The van der Waals surface area contributed by atoms with Crippen molar-refractivity contribution < 1.29 is 9.13 Å². The molecule has 1 spiro atoms. The number of halogens is 2. The molecule has 1 aromatic carbocycles. The van der Waals surface area contributed by atoms with Gasteiger partial charge >= 0.3 is 0 Å². The van der Waals surface area contributed by atoms with Crippen molar-refractivity contribution in [1.29, 1.82) is 0 Å². The molecule has 21 heavy (non-hydrogen) atoms. The van der Waals surface area contributed by atoms with Crippen LogP contribution in [0, 0.1) is 11.2 Å². The molecule has 0 saturated heterocycles. The average Bonchev–Trinajstić information content (AvgIpc) is 2.50. The van der Waals surface area contributed by atoms with Gasteiger partial charge in [-0.2, -0.15) is 0 Å². The SMILES string of the molecule is CCNC1CC(Oc2ccc(F)c(Cl)c2)C12CCCCC2. The Labute approximate surface area is 131 Å². The predicted molar refractivity (Wildman–Crippen MR) is 83.4 cm³/mol. The van der Waals surface area contributed by atoms with E-state index in [0.717, 1.165) is 13.0 Å². The van der Waals surface area contributed by atoms with Gasteiger partial charge in [0.15, 0.2) is 0 Å². The molecule has 2 unspecified atom stereocenters. The van der Waals surface area contributed by atoms with Gasteiger partial charge in [-0.15, -0.1) is 0 Å². The molecule has 2 atom stereocenters. The van der Waals surface area contributed by atoms with Crippen LogP contribution in [0.3, 0.4) is 0 Å². The molecule has 0 amide bonds. The lowest BCUT2D eigenvalue weighted by Gasteiger charge is -2.57. The number of hydrogen-bond donors (Lipinski definition) is 1. The maximum absolute atomic E-state index is 13.2. The van der Waals surface area contributed by atoms with E-state index >= 15 is 0 Å². The van der Waals surface area contributed by atoms with Crippen molar-refractivity contribution >= 4 is 11.6 Å². The second-order valence-electron chi connectivity index (χ2n) is 6.32. The summed E-state index contributed by atoms with van der Waals surface area (Å²) in [5.74, 6) is 0.293. The first kappa shape index (κ1) is 15.1. The topological polar surface area (TPSA) is 21.3 Å². The van der Waals surface area contributed by atoms with E-state index in [2.05, 4.69) is 12.2 Å². The van der Waals surface area contributed by atoms with Crippen LogP contribution in [0.1, 0.15) is 45.4 Å². The fourth-order valence-electron chi connectivity index (χ4n) is 4.04. The summed E-state index contributed by atoms with van der Waals surface area (Å²) in [7, 11) is 0. The van der Waals surface area contributed by atoms with Gasteiger partial charge in [-0.1, -0.05) is 37.8 Å². The van der Waals surface area contributed by atoms with Crippen molar-refractivity contribution in [3.05, 3.63) is 29.0 Å². The highest BCUT2D eigenvalue weighted by Crippen LogP contribution is 2.53. The van der Waals surface area contributed by atoms with Crippen LogP contribution in [-0.4, -0.2) is 18.7 Å². The van der Waals surface area contributed by atoms with Crippen LogP contribution < -0.4 is 10.1 Å². The number of benzene rings is 1. The third-order valence-corrected chi connectivity index (χ3v) is 5.48. The number of nitrogens with one attached hydrogen (secondary N) is 1. The van der Waals surface area contributed by atoms with Crippen molar-refractivity contribution in [3.63, 3.8) is 0 Å². The van der Waals surface area contributed by atoms with Crippen molar-refractivity contribution in [2.75, 3.05) is 6.54 Å². The van der Waals surface area contributed by atoms with Crippen LogP contribution in [0.4, 0.5) is 4.39 Å². The fraction of sp³-hybridized carbons (Fsp3) is 0.647. The summed E-state index contributed by atoms with van der Waals surface area (Å²) in [6.07, 6.45) is 7.61. The maximum atomic E-state index is 13.2. The van der Waals surface area contributed by atoms with E-state index in [-0.39, 0.29) is 16.5 Å². The summed E-state index contributed by atoms with van der Waals surface area (Å²) < 4.78 is 19.4. The molecule has 0 bridgehead atoms. The first-order valence-corrected chi connectivity index (χ1v) is 8.38. The van der Waals surface area contributed by atoms with Crippen LogP contribution >= 0.6 is 11.6 Å². The second-order valence-corrected chi connectivity index (χ2v) is 6.73. The summed E-state index contributed by atoms with van der Waals surface area (Å²) in [5.41, 5.74) is 0.259. The third-order valence-electron chi connectivity index (χ3n) is 5.19. The van der Waals surface area contributed by atoms with Gasteiger partial charge in [0.2, 0.25) is 0 Å². The Balaban J connectivity index is 1.73. The lowest BCUT2D eigenvalue weighted by Crippen LogP contribution is -2.65. The van der Waals surface area contributed by atoms with E-state index in [4.69, 9.17) is 16.3 Å². The minimum atomic E-state index is -0.393. The van der Waals surface area contributed by atoms with Gasteiger partial charge in [0.25, 0.3) is 0 Å². The van der Waals surface area contributed by atoms with E-state index < -0.39 is 5.82 Å². The van der Waals surface area contributed by atoms with Crippen LogP contribution in [0.25, 0.3) is 0 Å². The van der Waals surface area contributed by atoms with E-state index in [1.165, 1.54) is 38.2 Å². The molecule has 3 rings (SSSR count). The molecule has 0 radical (unpaired) electrons. The number of rotatable bonds is 4. The minimum absolute atomic E-state index is 0.132. The molecule has 0 aromatic heterocycles. The highest BCUT2D eigenvalue weighted by molar-refractivity contribution is 6.30. The molecule has 2 aliphatic rings. The van der Waals surface area contributed by atoms with E-state index in [0.29, 0.717) is 11.8 Å². The Kier molecular flexibility index (Phi) is 4.41. The van der Waals surface area contributed by atoms with Crippen LogP contribution in [-0.2, 0) is 0 Å². The molecular weight excluding hydrogens is 289 g/mol. The summed E-state index contributed by atoms with van der Waals surface area (Å²) in [6, 6.07) is 5.21. The zero-order chi connectivity index (χ0) is 14.9. The second kappa shape index (κ2) is 6.13. The molecule has 116 valence electrons. The number of ether oxygens (including phenoxy) is 1. The standard InChI is InChI=1S/C17H23ClFNO/c1-2-20-15-11-16(17(15)8-4-3-5-9-17)21-12-6-7-14(19)13(18)10-12/h6-7,10,15-16,20H,2-5,8-9,11H2,1H3. The zero-order valence-corrected chi connectivity index (χ0v) is 13.3. The van der Waals surface area contributed by atoms with Crippen LogP contribution in [0.2, 0.25) is 5.02 Å². The van der Waals surface area contributed by atoms with E-state index in [1.807, 2.05) is 0 Å². The van der Waals surface area contributed by atoms with Crippen molar-refractivity contribution in [1.82, 2.24) is 5.32 Å². The summed E-state index contributed by atoms with van der Waals surface area (Å²) in [6.45, 7) is 3.16. The molecule has 4 heteroatoms. The minimum Gasteiger partial charge on any atom is -0.490 e. The first-order valence-electron chi connectivity index (χ1n) is 8.01. The number of hydrogen-bond acceptors (Lipinski definition) is 2. The van der Waals surface area contributed by atoms with Crippen molar-refractivity contribution in [3.8, 4) is 5.75 Å². The van der Waals surface area contributed by atoms with Crippen LogP contribution in [0.15, 0.2) is 18.2 Å². The molecular formula is C17H23ClFNO. The Morgan fingerprint density at radius 2 is 2.10 bits per heavy atom. The van der Waals surface area contributed by atoms with Crippen LogP contribution in [0.5, 0.6) is 5.75 Å². The van der Waals surface area contributed by atoms with Gasteiger partial charge in [0, 0.05) is 23.9 Å². The van der Waals surface area contributed by atoms with E-state index in [1.54, 1.807) is 12.1 Å². The quantitative estimate of drug-likeness (QED) is 0.880.